The molecule has 30 heavy (non-hydrogen) atoms. The fourth-order valence-corrected chi connectivity index (χ4v) is 6.77. The second kappa shape index (κ2) is 7.33. The fourth-order valence-electron chi connectivity index (χ4n) is 6.77. The summed E-state index contributed by atoms with van der Waals surface area (Å²) in [6.07, 6.45) is 20.6. The average molecular weight is 401 g/mol. The SMILES string of the molecule is CC1C=C[C@@H](C2CC3C=CC=CC3N2C)C2OC3NC(c4ccccc4)C=CC3C12. The Morgan fingerprint density at radius 2 is 1.73 bits per heavy atom. The number of hydrogen-bond donors (Lipinski definition) is 1. The Balaban J connectivity index is 1.26. The first-order chi connectivity index (χ1) is 14.7. The normalized spacial score (nSPS) is 46.6. The van der Waals surface area contributed by atoms with Crippen LogP contribution in [0.5, 0.6) is 0 Å². The molecule has 0 bridgehead atoms. The van der Waals surface area contributed by atoms with Gasteiger partial charge in [-0.25, -0.2) is 0 Å². The van der Waals surface area contributed by atoms with Crippen molar-refractivity contribution in [1.29, 1.82) is 0 Å². The van der Waals surface area contributed by atoms with Crippen LogP contribution in [0.25, 0.3) is 0 Å². The maximum absolute atomic E-state index is 6.84. The molecule has 9 unspecified atom stereocenters. The number of allylic oxidation sites excluding steroid dienone is 3. The van der Waals surface area contributed by atoms with E-state index in [1.807, 2.05) is 0 Å². The van der Waals surface area contributed by atoms with Crippen LogP contribution in [0.1, 0.15) is 24.9 Å². The highest BCUT2D eigenvalue weighted by molar-refractivity contribution is 5.28. The molecular formula is C27H32N2O. The Kier molecular flexibility index (Phi) is 4.60. The maximum Gasteiger partial charge on any atom is 0.115 e. The van der Waals surface area contributed by atoms with Gasteiger partial charge in [-0.3, -0.25) is 10.2 Å². The minimum Gasteiger partial charge on any atom is -0.358 e. The van der Waals surface area contributed by atoms with E-state index in [1.54, 1.807) is 0 Å². The molecule has 1 aromatic carbocycles. The summed E-state index contributed by atoms with van der Waals surface area (Å²) in [5.41, 5.74) is 1.31. The van der Waals surface area contributed by atoms with Crippen molar-refractivity contribution in [2.75, 3.05) is 7.05 Å². The van der Waals surface area contributed by atoms with Crippen LogP contribution in [0.3, 0.4) is 0 Å². The molecule has 1 aromatic rings. The van der Waals surface area contributed by atoms with Gasteiger partial charge in [0.25, 0.3) is 0 Å². The predicted molar refractivity (Wildman–Crippen MR) is 121 cm³/mol. The van der Waals surface area contributed by atoms with Gasteiger partial charge in [0.1, 0.15) is 6.23 Å². The third-order valence-electron chi connectivity index (χ3n) is 8.30. The number of likely N-dealkylation sites (N-methyl/N-ethyl adjacent to an activating group) is 1. The van der Waals surface area contributed by atoms with Crippen molar-refractivity contribution < 1.29 is 4.74 Å². The van der Waals surface area contributed by atoms with E-state index < -0.39 is 0 Å². The van der Waals surface area contributed by atoms with Gasteiger partial charge in [0, 0.05) is 29.8 Å². The number of nitrogens with zero attached hydrogens (tertiary/aromatic N) is 1. The van der Waals surface area contributed by atoms with E-state index in [4.69, 9.17) is 4.74 Å². The van der Waals surface area contributed by atoms with Crippen LogP contribution >= 0.6 is 0 Å². The summed E-state index contributed by atoms with van der Waals surface area (Å²) in [6.45, 7) is 2.37. The molecule has 3 nitrogen and oxygen atoms in total. The molecule has 5 aliphatic rings. The summed E-state index contributed by atoms with van der Waals surface area (Å²) in [6, 6.07) is 12.0. The zero-order chi connectivity index (χ0) is 20.2. The van der Waals surface area contributed by atoms with Crippen molar-refractivity contribution in [3.8, 4) is 0 Å². The molecule has 0 saturated carbocycles. The Morgan fingerprint density at radius 1 is 0.933 bits per heavy atom. The third-order valence-corrected chi connectivity index (χ3v) is 8.30. The van der Waals surface area contributed by atoms with Crippen LogP contribution < -0.4 is 5.32 Å². The molecule has 2 saturated heterocycles. The molecular weight excluding hydrogens is 368 g/mol. The zero-order valence-corrected chi connectivity index (χ0v) is 17.8. The monoisotopic (exact) mass is 400 g/mol. The van der Waals surface area contributed by atoms with Gasteiger partial charge in [0.15, 0.2) is 0 Å². The molecule has 3 heterocycles. The van der Waals surface area contributed by atoms with Crippen LogP contribution in [0, 0.1) is 29.6 Å². The number of hydrogen-bond acceptors (Lipinski definition) is 3. The summed E-state index contributed by atoms with van der Waals surface area (Å²) in [5.74, 6) is 2.65. The van der Waals surface area contributed by atoms with E-state index in [1.165, 1.54) is 12.0 Å². The maximum atomic E-state index is 6.84. The Morgan fingerprint density at radius 3 is 2.57 bits per heavy atom. The highest BCUT2D eigenvalue weighted by atomic mass is 16.5. The highest BCUT2D eigenvalue weighted by Gasteiger charge is 2.54. The van der Waals surface area contributed by atoms with Crippen molar-refractivity contribution in [3.05, 3.63) is 84.5 Å². The summed E-state index contributed by atoms with van der Waals surface area (Å²) >= 11 is 0. The average Bonchev–Trinajstić information content (AvgIpc) is 3.33. The van der Waals surface area contributed by atoms with Gasteiger partial charge in [0.2, 0.25) is 0 Å². The highest BCUT2D eigenvalue weighted by Crippen LogP contribution is 2.50. The molecule has 0 radical (unpaired) electrons. The van der Waals surface area contributed by atoms with Crippen molar-refractivity contribution in [3.63, 3.8) is 0 Å². The Bertz CT molecular complexity index is 903. The summed E-state index contributed by atoms with van der Waals surface area (Å²) < 4.78 is 6.84. The lowest BCUT2D eigenvalue weighted by Crippen LogP contribution is -2.45. The van der Waals surface area contributed by atoms with Crippen LogP contribution in [0.2, 0.25) is 0 Å². The lowest BCUT2D eigenvalue weighted by atomic mass is 9.69. The lowest BCUT2D eigenvalue weighted by molar-refractivity contribution is -0.0335. The van der Waals surface area contributed by atoms with Crippen molar-refractivity contribution in [1.82, 2.24) is 10.2 Å². The number of nitrogens with one attached hydrogen (secondary N) is 1. The number of ether oxygens (including phenoxy) is 1. The molecule has 156 valence electrons. The molecule has 2 aliphatic carbocycles. The van der Waals surface area contributed by atoms with Gasteiger partial charge >= 0.3 is 0 Å². The van der Waals surface area contributed by atoms with Gasteiger partial charge in [-0.15, -0.1) is 0 Å². The van der Waals surface area contributed by atoms with Gasteiger partial charge in [-0.2, -0.15) is 0 Å². The standard InChI is InChI=1S/C27H32N2O/c1-17-12-13-20(24-16-19-10-6-7-11-23(19)29(24)2)26-25(17)21-14-15-22(28-27(21)30-26)18-8-4-3-5-9-18/h3-15,17,19-28H,16H2,1-2H3/t17?,19?,20-,21?,22?,23?,24?,25?,26?,27?/m0/s1. The van der Waals surface area contributed by atoms with Crippen LogP contribution in [0.15, 0.2) is 78.9 Å². The van der Waals surface area contributed by atoms with Crippen molar-refractivity contribution >= 4 is 0 Å². The smallest absolute Gasteiger partial charge is 0.115 e. The molecule has 10 atom stereocenters. The molecule has 3 heteroatoms. The molecule has 1 N–H and O–H groups in total. The number of rotatable bonds is 2. The third kappa shape index (κ3) is 2.90. The summed E-state index contributed by atoms with van der Waals surface area (Å²) in [5, 5.41) is 3.81. The Hall–Kier alpha value is -1.94. The first-order valence-corrected chi connectivity index (χ1v) is 11.6. The van der Waals surface area contributed by atoms with Crippen LogP contribution in [0.4, 0.5) is 0 Å². The zero-order valence-electron chi connectivity index (χ0n) is 17.8. The first-order valence-electron chi connectivity index (χ1n) is 11.6. The van der Waals surface area contributed by atoms with Crippen LogP contribution in [-0.2, 0) is 4.74 Å². The minimum absolute atomic E-state index is 0.105. The predicted octanol–water partition coefficient (Wildman–Crippen LogP) is 4.48. The number of fused-ring (bicyclic) bond motifs is 4. The topological polar surface area (TPSA) is 24.5 Å². The van der Waals surface area contributed by atoms with Crippen molar-refractivity contribution in [2.24, 2.45) is 29.6 Å². The molecule has 0 aromatic heterocycles. The molecule has 0 spiro atoms. The van der Waals surface area contributed by atoms with E-state index in [-0.39, 0.29) is 18.4 Å². The van der Waals surface area contributed by atoms with Crippen molar-refractivity contribution in [2.45, 2.75) is 43.8 Å². The minimum atomic E-state index is 0.105. The first kappa shape index (κ1) is 18.8. The molecule has 3 aliphatic heterocycles. The number of benzene rings is 1. The summed E-state index contributed by atoms with van der Waals surface area (Å²) in [7, 11) is 2.31. The van der Waals surface area contributed by atoms with Gasteiger partial charge in [-0.1, -0.05) is 85.9 Å². The second-order valence-corrected chi connectivity index (χ2v) is 9.83. The molecule has 0 amide bonds. The van der Waals surface area contributed by atoms with Gasteiger partial charge in [0.05, 0.1) is 12.1 Å². The number of likely N-dealkylation sites (tertiary alicyclic amines) is 1. The van der Waals surface area contributed by atoms with Gasteiger partial charge < -0.3 is 4.74 Å². The van der Waals surface area contributed by atoms with E-state index in [9.17, 15) is 0 Å². The summed E-state index contributed by atoms with van der Waals surface area (Å²) in [4.78, 5) is 2.61. The van der Waals surface area contributed by atoms with E-state index >= 15 is 0 Å². The van der Waals surface area contributed by atoms with E-state index in [0.29, 0.717) is 41.7 Å². The largest absolute Gasteiger partial charge is 0.358 e. The van der Waals surface area contributed by atoms with E-state index in [2.05, 4.69) is 103 Å². The van der Waals surface area contributed by atoms with Gasteiger partial charge in [-0.05, 0) is 30.9 Å². The molecule has 2 fully saturated rings. The fraction of sp³-hybridized carbons (Fsp3) is 0.481. The van der Waals surface area contributed by atoms with E-state index in [0.717, 1.165) is 0 Å². The quantitative estimate of drug-likeness (QED) is 0.741. The Labute approximate surface area is 180 Å². The second-order valence-electron chi connectivity index (χ2n) is 9.83. The molecule has 6 rings (SSSR count). The lowest BCUT2D eigenvalue weighted by Gasteiger charge is -2.39. The van der Waals surface area contributed by atoms with Crippen LogP contribution in [-0.4, -0.2) is 36.4 Å².